The monoisotopic (exact) mass is 274 g/mol. The molecule has 1 aromatic heterocycles. The van der Waals surface area contributed by atoms with Gasteiger partial charge in [0.15, 0.2) is 0 Å². The van der Waals surface area contributed by atoms with Crippen molar-refractivity contribution in [2.45, 2.75) is 33.2 Å². The number of rotatable bonds is 5. The standard InChI is InChI=1S/C16H22N2S/c1-4-18(14-7-5-6-12(2)10-14)13(3)11-15-8-9-16(17)19-15/h5-10,13H,4,11,17H2,1-3H3. The van der Waals surface area contributed by atoms with Crippen LogP contribution < -0.4 is 10.6 Å². The van der Waals surface area contributed by atoms with Gasteiger partial charge in [0.1, 0.15) is 0 Å². The van der Waals surface area contributed by atoms with Gasteiger partial charge in [-0.15, -0.1) is 11.3 Å². The van der Waals surface area contributed by atoms with Crippen molar-refractivity contribution in [3.05, 3.63) is 46.8 Å². The first kappa shape index (κ1) is 13.9. The zero-order valence-corrected chi connectivity index (χ0v) is 12.7. The largest absolute Gasteiger partial charge is 0.391 e. The zero-order chi connectivity index (χ0) is 13.8. The van der Waals surface area contributed by atoms with Crippen LogP contribution in [-0.2, 0) is 6.42 Å². The lowest BCUT2D eigenvalue weighted by atomic mass is 10.1. The Bertz CT molecular complexity index is 533. The Kier molecular flexibility index (Phi) is 4.48. The summed E-state index contributed by atoms with van der Waals surface area (Å²) in [5.41, 5.74) is 8.41. The number of nitrogens with two attached hydrogens (primary N) is 1. The van der Waals surface area contributed by atoms with Gasteiger partial charge in [-0.3, -0.25) is 0 Å². The molecule has 19 heavy (non-hydrogen) atoms. The fraction of sp³-hybridized carbons (Fsp3) is 0.375. The highest BCUT2D eigenvalue weighted by atomic mass is 32.1. The summed E-state index contributed by atoms with van der Waals surface area (Å²) in [4.78, 5) is 3.80. The fourth-order valence-corrected chi connectivity index (χ4v) is 3.36. The van der Waals surface area contributed by atoms with Gasteiger partial charge >= 0.3 is 0 Å². The average Bonchev–Trinajstić information content (AvgIpc) is 2.75. The Morgan fingerprint density at radius 1 is 1.26 bits per heavy atom. The first-order valence-electron chi connectivity index (χ1n) is 6.77. The van der Waals surface area contributed by atoms with E-state index in [0.717, 1.165) is 18.0 Å². The van der Waals surface area contributed by atoms with Crippen LogP contribution in [0.4, 0.5) is 10.7 Å². The molecule has 0 radical (unpaired) electrons. The molecule has 2 aromatic rings. The molecule has 2 N–H and O–H groups in total. The number of hydrogen-bond donors (Lipinski definition) is 1. The molecular formula is C16H22N2S. The maximum Gasteiger partial charge on any atom is 0.0859 e. The van der Waals surface area contributed by atoms with Crippen LogP contribution in [0.15, 0.2) is 36.4 Å². The Hall–Kier alpha value is -1.48. The number of nitrogens with zero attached hydrogens (tertiary/aromatic N) is 1. The molecule has 3 heteroatoms. The van der Waals surface area contributed by atoms with Crippen molar-refractivity contribution in [3.63, 3.8) is 0 Å². The lowest BCUT2D eigenvalue weighted by molar-refractivity contribution is 0.650. The van der Waals surface area contributed by atoms with Crippen LogP contribution in [0.1, 0.15) is 24.3 Å². The lowest BCUT2D eigenvalue weighted by Gasteiger charge is -2.30. The maximum atomic E-state index is 5.80. The summed E-state index contributed by atoms with van der Waals surface area (Å²) in [6.07, 6.45) is 1.05. The van der Waals surface area contributed by atoms with E-state index in [4.69, 9.17) is 5.73 Å². The third-order valence-electron chi connectivity index (χ3n) is 3.39. The summed E-state index contributed by atoms with van der Waals surface area (Å²) in [6, 6.07) is 13.3. The molecular weight excluding hydrogens is 252 g/mol. The van der Waals surface area contributed by atoms with Crippen molar-refractivity contribution >= 4 is 22.0 Å². The molecule has 0 saturated heterocycles. The van der Waals surface area contributed by atoms with Crippen LogP contribution in [0.3, 0.4) is 0 Å². The molecule has 2 rings (SSSR count). The van der Waals surface area contributed by atoms with Crippen molar-refractivity contribution in [2.24, 2.45) is 0 Å². The highest BCUT2D eigenvalue weighted by molar-refractivity contribution is 7.15. The maximum absolute atomic E-state index is 5.80. The summed E-state index contributed by atoms with van der Waals surface area (Å²) >= 11 is 1.69. The van der Waals surface area contributed by atoms with Crippen molar-refractivity contribution in [1.82, 2.24) is 0 Å². The summed E-state index contributed by atoms with van der Waals surface area (Å²) in [7, 11) is 0. The SMILES string of the molecule is CCN(c1cccc(C)c1)C(C)Cc1ccc(N)s1. The van der Waals surface area contributed by atoms with Gasteiger partial charge in [0.05, 0.1) is 5.00 Å². The topological polar surface area (TPSA) is 29.3 Å². The zero-order valence-electron chi connectivity index (χ0n) is 11.9. The number of benzene rings is 1. The van der Waals surface area contributed by atoms with Crippen LogP contribution in [0.5, 0.6) is 0 Å². The van der Waals surface area contributed by atoms with E-state index in [-0.39, 0.29) is 0 Å². The minimum absolute atomic E-state index is 0.477. The molecule has 0 aliphatic rings. The van der Waals surface area contributed by atoms with Gasteiger partial charge in [-0.2, -0.15) is 0 Å². The molecule has 1 aromatic carbocycles. The molecule has 0 spiro atoms. The quantitative estimate of drug-likeness (QED) is 0.889. The molecule has 0 fully saturated rings. The van der Waals surface area contributed by atoms with E-state index in [2.05, 4.69) is 56.0 Å². The number of aryl methyl sites for hydroxylation is 1. The van der Waals surface area contributed by atoms with E-state index in [1.54, 1.807) is 11.3 Å². The number of likely N-dealkylation sites (N-methyl/N-ethyl adjacent to an activating group) is 1. The number of nitrogen functional groups attached to an aromatic ring is 1. The van der Waals surface area contributed by atoms with E-state index in [1.807, 2.05) is 6.07 Å². The summed E-state index contributed by atoms with van der Waals surface area (Å²) in [5.74, 6) is 0. The van der Waals surface area contributed by atoms with Crippen LogP contribution >= 0.6 is 11.3 Å². The van der Waals surface area contributed by atoms with E-state index in [9.17, 15) is 0 Å². The third-order valence-corrected chi connectivity index (χ3v) is 4.32. The Balaban J connectivity index is 2.12. The summed E-state index contributed by atoms with van der Waals surface area (Å²) < 4.78 is 0. The van der Waals surface area contributed by atoms with Gasteiger partial charge in [-0.05, 0) is 50.6 Å². The van der Waals surface area contributed by atoms with Crippen molar-refractivity contribution < 1.29 is 0 Å². The molecule has 0 bridgehead atoms. The molecule has 2 nitrogen and oxygen atoms in total. The number of anilines is 2. The minimum Gasteiger partial charge on any atom is -0.391 e. The molecule has 0 amide bonds. The highest BCUT2D eigenvalue weighted by Crippen LogP contribution is 2.24. The Morgan fingerprint density at radius 2 is 2.05 bits per heavy atom. The van der Waals surface area contributed by atoms with Crippen LogP contribution in [-0.4, -0.2) is 12.6 Å². The minimum atomic E-state index is 0.477. The molecule has 0 aliphatic heterocycles. The van der Waals surface area contributed by atoms with Gasteiger partial charge in [0, 0.05) is 29.6 Å². The molecule has 0 aliphatic carbocycles. The fourth-order valence-electron chi connectivity index (χ4n) is 2.46. The second-order valence-electron chi connectivity index (χ2n) is 4.98. The number of hydrogen-bond acceptors (Lipinski definition) is 3. The van der Waals surface area contributed by atoms with Crippen LogP contribution in [0.2, 0.25) is 0 Å². The van der Waals surface area contributed by atoms with E-state index < -0.39 is 0 Å². The third kappa shape index (κ3) is 3.51. The van der Waals surface area contributed by atoms with E-state index in [1.165, 1.54) is 16.1 Å². The smallest absolute Gasteiger partial charge is 0.0859 e. The first-order valence-corrected chi connectivity index (χ1v) is 7.59. The van der Waals surface area contributed by atoms with Gasteiger partial charge in [0.25, 0.3) is 0 Å². The molecule has 0 saturated carbocycles. The highest BCUT2D eigenvalue weighted by Gasteiger charge is 2.14. The normalized spacial score (nSPS) is 12.4. The van der Waals surface area contributed by atoms with E-state index >= 15 is 0 Å². The Labute approximate surface area is 119 Å². The predicted molar refractivity (Wildman–Crippen MR) is 86.1 cm³/mol. The van der Waals surface area contributed by atoms with Crippen molar-refractivity contribution in [2.75, 3.05) is 17.2 Å². The molecule has 102 valence electrons. The summed E-state index contributed by atoms with van der Waals surface area (Å²) in [6.45, 7) is 7.65. The van der Waals surface area contributed by atoms with Gasteiger partial charge < -0.3 is 10.6 Å². The van der Waals surface area contributed by atoms with Crippen molar-refractivity contribution in [1.29, 1.82) is 0 Å². The summed E-state index contributed by atoms with van der Waals surface area (Å²) in [5, 5.41) is 0.904. The first-order chi connectivity index (χ1) is 9.10. The lowest BCUT2D eigenvalue weighted by Crippen LogP contribution is -2.34. The Morgan fingerprint density at radius 3 is 2.63 bits per heavy atom. The van der Waals surface area contributed by atoms with Crippen LogP contribution in [0, 0.1) is 6.92 Å². The second kappa shape index (κ2) is 6.11. The van der Waals surface area contributed by atoms with E-state index in [0.29, 0.717) is 6.04 Å². The second-order valence-corrected chi connectivity index (χ2v) is 6.18. The molecule has 1 heterocycles. The molecule has 1 unspecified atom stereocenters. The van der Waals surface area contributed by atoms with Gasteiger partial charge in [-0.25, -0.2) is 0 Å². The van der Waals surface area contributed by atoms with Crippen LogP contribution in [0.25, 0.3) is 0 Å². The number of thiophene rings is 1. The average molecular weight is 274 g/mol. The van der Waals surface area contributed by atoms with Gasteiger partial charge in [0.2, 0.25) is 0 Å². The van der Waals surface area contributed by atoms with Crippen molar-refractivity contribution in [3.8, 4) is 0 Å². The van der Waals surface area contributed by atoms with Gasteiger partial charge in [-0.1, -0.05) is 12.1 Å². The molecule has 1 atom stereocenters. The predicted octanol–water partition coefficient (Wildman–Crippen LogP) is 4.10.